The highest BCUT2D eigenvalue weighted by Gasteiger charge is 2.16. The van der Waals surface area contributed by atoms with Crippen LogP contribution < -0.4 is 0 Å². The van der Waals surface area contributed by atoms with Gasteiger partial charge in [0.15, 0.2) is 0 Å². The van der Waals surface area contributed by atoms with Gasteiger partial charge in [0.05, 0.1) is 0 Å². The Hall–Kier alpha value is -1.92. The number of unbranched alkanes of at least 4 members (excludes halogenated alkanes) is 11. The second-order valence-electron chi connectivity index (χ2n) is 7.80. The Morgan fingerprint density at radius 1 is 0.586 bits per heavy atom. The normalized spacial score (nSPS) is 10.7. The fourth-order valence-corrected chi connectivity index (χ4v) is 3.23. The van der Waals surface area contributed by atoms with Gasteiger partial charge in [-0.2, -0.15) is 0 Å². The maximum Gasteiger partial charge on any atom is 0.323 e. The van der Waals surface area contributed by atoms with Crippen molar-refractivity contribution in [3.8, 4) is 0 Å². The molecule has 0 saturated heterocycles. The summed E-state index contributed by atoms with van der Waals surface area (Å²) >= 11 is 0. The molecule has 0 aromatic rings. The van der Waals surface area contributed by atoms with E-state index in [4.69, 9.17) is 10.2 Å². The first-order valence-corrected chi connectivity index (χ1v) is 11.0. The number of hydrogen-bond acceptors (Lipinski definition) is 4. The molecule has 0 aliphatic rings. The summed E-state index contributed by atoms with van der Waals surface area (Å²) in [7, 11) is 0. The topological polar surface area (TPSA) is 112 Å². The fourth-order valence-electron chi connectivity index (χ4n) is 3.23. The summed E-state index contributed by atoms with van der Waals surface area (Å²) in [5.74, 6) is -1.99. The molecule has 168 valence electrons. The lowest BCUT2D eigenvalue weighted by Gasteiger charge is -2.20. The molecule has 0 aliphatic carbocycles. The van der Waals surface area contributed by atoms with Gasteiger partial charge in [-0.25, -0.2) is 0 Å². The number of carboxylic acid groups (broad SMARTS) is 2. The van der Waals surface area contributed by atoms with Crippen LogP contribution in [-0.4, -0.2) is 51.8 Å². The van der Waals surface area contributed by atoms with E-state index in [2.05, 4.69) is 0 Å². The highest BCUT2D eigenvalue weighted by Crippen LogP contribution is 2.13. The minimum absolute atomic E-state index is 0.0497. The van der Waals surface area contributed by atoms with E-state index in [1.165, 1.54) is 43.9 Å². The van der Waals surface area contributed by atoms with Gasteiger partial charge in [-0.15, -0.1) is 0 Å². The van der Waals surface area contributed by atoms with Crippen molar-refractivity contribution in [2.45, 2.75) is 103 Å². The number of carbonyl (C=O) groups is 4. The quantitative estimate of drug-likeness (QED) is 0.286. The van der Waals surface area contributed by atoms with Gasteiger partial charge in [-0.05, 0) is 19.8 Å². The number of Topliss-reactive ketones (excluding diaryl/α,β-unsaturated/α-hetero) is 1. The minimum Gasteiger partial charge on any atom is -0.481 e. The van der Waals surface area contributed by atoms with Crippen LogP contribution in [0.25, 0.3) is 0 Å². The molecule has 0 fully saturated rings. The molecule has 1 amide bonds. The van der Waals surface area contributed by atoms with Crippen LogP contribution in [0.3, 0.4) is 0 Å². The Labute approximate surface area is 174 Å². The maximum absolute atomic E-state index is 12.1. The number of carboxylic acids is 2. The van der Waals surface area contributed by atoms with Crippen molar-refractivity contribution in [3.63, 3.8) is 0 Å². The molecule has 0 radical (unpaired) electrons. The summed E-state index contributed by atoms with van der Waals surface area (Å²) in [6.45, 7) is 1.28. The van der Waals surface area contributed by atoms with Crippen LogP contribution in [0.5, 0.6) is 0 Å². The monoisotopic (exact) mass is 413 g/mol. The molecule has 0 bridgehead atoms. The molecular weight excluding hydrogens is 374 g/mol. The van der Waals surface area contributed by atoms with Crippen LogP contribution in [0.15, 0.2) is 0 Å². The number of aliphatic carboxylic acids is 2. The predicted molar refractivity (Wildman–Crippen MR) is 112 cm³/mol. The largest absolute Gasteiger partial charge is 0.481 e. The molecule has 0 heterocycles. The summed E-state index contributed by atoms with van der Waals surface area (Å²) < 4.78 is 0. The number of ketones is 1. The van der Waals surface area contributed by atoms with Crippen LogP contribution in [0.4, 0.5) is 0 Å². The van der Waals surface area contributed by atoms with Crippen molar-refractivity contribution in [1.29, 1.82) is 0 Å². The van der Waals surface area contributed by atoms with Gasteiger partial charge in [0.1, 0.15) is 12.3 Å². The number of rotatable bonds is 20. The second-order valence-corrected chi connectivity index (χ2v) is 7.80. The van der Waals surface area contributed by atoms with E-state index < -0.39 is 11.9 Å². The molecule has 7 heteroatoms. The molecule has 0 aliphatic heterocycles. The Balaban J connectivity index is 3.57. The first-order chi connectivity index (χ1) is 13.8. The van der Waals surface area contributed by atoms with Crippen LogP contribution in [-0.2, 0) is 19.2 Å². The van der Waals surface area contributed by atoms with Crippen molar-refractivity contribution in [2.75, 3.05) is 13.1 Å². The van der Waals surface area contributed by atoms with Gasteiger partial charge in [0.2, 0.25) is 5.91 Å². The van der Waals surface area contributed by atoms with Gasteiger partial charge < -0.3 is 15.1 Å². The molecule has 0 aromatic carbocycles. The van der Waals surface area contributed by atoms with Crippen molar-refractivity contribution in [2.24, 2.45) is 0 Å². The zero-order valence-corrected chi connectivity index (χ0v) is 18.0. The summed E-state index contributed by atoms with van der Waals surface area (Å²) in [6, 6.07) is 0. The third kappa shape index (κ3) is 19.2. The SMILES string of the molecule is CC(=O)CCN(CC(=O)O)C(=O)CCCCCCCCCCCCCCC(=O)O. The molecule has 0 aromatic heterocycles. The zero-order chi connectivity index (χ0) is 21.9. The summed E-state index contributed by atoms with van der Waals surface area (Å²) in [5.41, 5.74) is 0. The van der Waals surface area contributed by atoms with Crippen molar-refractivity contribution in [1.82, 2.24) is 4.90 Å². The van der Waals surface area contributed by atoms with E-state index in [1.807, 2.05) is 0 Å². The molecule has 0 unspecified atom stereocenters. The van der Waals surface area contributed by atoms with E-state index in [0.717, 1.165) is 44.9 Å². The van der Waals surface area contributed by atoms with Gasteiger partial charge >= 0.3 is 11.9 Å². The van der Waals surface area contributed by atoms with E-state index >= 15 is 0 Å². The van der Waals surface area contributed by atoms with Crippen LogP contribution in [0.1, 0.15) is 103 Å². The van der Waals surface area contributed by atoms with Gasteiger partial charge in [-0.3, -0.25) is 19.2 Å². The van der Waals surface area contributed by atoms with Crippen LogP contribution >= 0.6 is 0 Å². The summed E-state index contributed by atoms with van der Waals surface area (Å²) in [6.07, 6.45) is 13.7. The lowest BCUT2D eigenvalue weighted by atomic mass is 10.0. The van der Waals surface area contributed by atoms with Crippen molar-refractivity contribution < 1.29 is 29.4 Å². The number of amides is 1. The van der Waals surface area contributed by atoms with E-state index in [-0.39, 0.29) is 37.6 Å². The average molecular weight is 414 g/mol. The Morgan fingerprint density at radius 2 is 1.00 bits per heavy atom. The number of carbonyl (C=O) groups excluding carboxylic acids is 2. The van der Waals surface area contributed by atoms with Gasteiger partial charge in [0.25, 0.3) is 0 Å². The average Bonchev–Trinajstić information content (AvgIpc) is 2.64. The summed E-state index contributed by atoms with van der Waals surface area (Å²) in [5, 5.41) is 17.5. The molecule has 2 N–H and O–H groups in total. The van der Waals surface area contributed by atoms with Gasteiger partial charge in [-0.1, -0.05) is 64.2 Å². The second kappa shape index (κ2) is 18.1. The molecular formula is C22H39NO6. The highest BCUT2D eigenvalue weighted by molar-refractivity contribution is 5.82. The smallest absolute Gasteiger partial charge is 0.323 e. The fraction of sp³-hybridized carbons (Fsp3) is 0.818. The van der Waals surface area contributed by atoms with Crippen molar-refractivity contribution in [3.05, 3.63) is 0 Å². The molecule has 0 saturated carbocycles. The van der Waals surface area contributed by atoms with Gasteiger partial charge in [0, 0.05) is 25.8 Å². The minimum atomic E-state index is -1.05. The summed E-state index contributed by atoms with van der Waals surface area (Å²) in [4.78, 5) is 45.7. The standard InChI is InChI=1S/C22H39NO6/c1-19(24)16-17-23(18-22(28)29)20(25)14-12-10-8-6-4-2-3-5-7-9-11-13-15-21(26)27/h2-18H2,1H3,(H,26,27)(H,28,29). The van der Waals surface area contributed by atoms with Crippen LogP contribution in [0.2, 0.25) is 0 Å². The number of nitrogens with zero attached hydrogens (tertiary/aromatic N) is 1. The maximum atomic E-state index is 12.1. The number of hydrogen-bond donors (Lipinski definition) is 2. The molecule has 0 rings (SSSR count). The van der Waals surface area contributed by atoms with Crippen molar-refractivity contribution >= 4 is 23.6 Å². The zero-order valence-electron chi connectivity index (χ0n) is 18.0. The highest BCUT2D eigenvalue weighted by atomic mass is 16.4. The van der Waals surface area contributed by atoms with E-state index in [1.54, 1.807) is 0 Å². The third-order valence-corrected chi connectivity index (χ3v) is 4.94. The van der Waals surface area contributed by atoms with E-state index in [0.29, 0.717) is 6.42 Å². The predicted octanol–water partition coefficient (Wildman–Crippen LogP) is 4.42. The third-order valence-electron chi connectivity index (χ3n) is 4.94. The molecule has 0 atom stereocenters. The van der Waals surface area contributed by atoms with E-state index in [9.17, 15) is 19.2 Å². The first-order valence-electron chi connectivity index (χ1n) is 11.0. The molecule has 7 nitrogen and oxygen atoms in total. The molecule has 0 spiro atoms. The lowest BCUT2D eigenvalue weighted by Crippen LogP contribution is -2.36. The first kappa shape index (κ1) is 27.1. The Kier molecular flexibility index (Phi) is 16.9. The van der Waals surface area contributed by atoms with Crippen LogP contribution in [0, 0.1) is 0 Å². The molecule has 29 heavy (non-hydrogen) atoms. The Morgan fingerprint density at radius 3 is 1.38 bits per heavy atom. The lowest BCUT2D eigenvalue weighted by molar-refractivity contribution is -0.144. The Bertz CT molecular complexity index is 492.